The Kier molecular flexibility index (Phi) is 5.36. The number of carbonyl (C=O) groups excluding carboxylic acids is 1. The van der Waals surface area contributed by atoms with Gasteiger partial charge in [0.25, 0.3) is 0 Å². The maximum absolute atomic E-state index is 12.9. The summed E-state index contributed by atoms with van der Waals surface area (Å²) in [4.78, 5) is 19.3. The molecule has 1 aromatic carbocycles. The summed E-state index contributed by atoms with van der Waals surface area (Å²) in [6.07, 6.45) is 6.79. The highest BCUT2D eigenvalue weighted by atomic mass is 16.7. The summed E-state index contributed by atoms with van der Waals surface area (Å²) in [6, 6.07) is 9.75. The van der Waals surface area contributed by atoms with Crippen molar-refractivity contribution in [3.8, 4) is 0 Å². The van der Waals surface area contributed by atoms with E-state index in [2.05, 4.69) is 32.8 Å². The fraction of sp³-hybridized carbons (Fsp3) is 0.682. The van der Waals surface area contributed by atoms with Crippen LogP contribution in [0.5, 0.6) is 0 Å². The Balaban J connectivity index is 1.66. The first-order valence-corrected chi connectivity index (χ1v) is 9.84. The molecular weight excluding hydrogens is 310 g/mol. The second kappa shape index (κ2) is 7.20. The average Bonchev–Trinajstić information content (AvgIpc) is 3.02. The average molecular weight is 344 g/mol. The van der Waals surface area contributed by atoms with Crippen molar-refractivity contribution in [2.45, 2.75) is 77.3 Å². The van der Waals surface area contributed by atoms with Crippen LogP contribution in [0.3, 0.4) is 0 Å². The number of nitrogens with zero attached hydrogens (tertiary/aromatic N) is 1. The Morgan fingerprint density at radius 3 is 2.32 bits per heavy atom. The summed E-state index contributed by atoms with van der Waals surface area (Å²) in [5.41, 5.74) is 0.955. The van der Waals surface area contributed by atoms with Crippen molar-refractivity contribution in [2.24, 2.45) is 11.8 Å². The normalized spacial score (nSPS) is 28.8. The zero-order valence-corrected chi connectivity index (χ0v) is 16.3. The van der Waals surface area contributed by atoms with Crippen LogP contribution in [0.1, 0.15) is 76.6 Å². The maximum Gasteiger partial charge on any atom is 0.166 e. The molecule has 0 unspecified atom stereocenters. The lowest BCUT2D eigenvalue weighted by atomic mass is 9.82. The van der Waals surface area contributed by atoms with Gasteiger partial charge in [-0.3, -0.25) is 9.63 Å². The maximum atomic E-state index is 12.9. The molecule has 2 aliphatic rings. The molecule has 3 rings (SSSR count). The molecular formula is C22H33NO2. The largest absolute Gasteiger partial charge is 0.298 e. The van der Waals surface area contributed by atoms with Gasteiger partial charge in [-0.2, -0.15) is 5.06 Å². The number of Topliss-reactive ketones (excluding diaryl/α,β-unsaturated/α-hetero) is 1. The molecule has 2 atom stereocenters. The topological polar surface area (TPSA) is 29.5 Å². The van der Waals surface area contributed by atoms with Crippen LogP contribution in [0, 0.1) is 11.8 Å². The van der Waals surface area contributed by atoms with Crippen LogP contribution in [0.15, 0.2) is 30.3 Å². The second-order valence-electron chi connectivity index (χ2n) is 9.10. The first-order valence-electron chi connectivity index (χ1n) is 9.84. The summed E-state index contributed by atoms with van der Waals surface area (Å²) in [7, 11) is 0. The number of benzene rings is 1. The van der Waals surface area contributed by atoms with Crippen LogP contribution in [-0.2, 0) is 4.84 Å². The van der Waals surface area contributed by atoms with Crippen LogP contribution in [-0.4, -0.2) is 28.5 Å². The van der Waals surface area contributed by atoms with Gasteiger partial charge in [-0.1, -0.05) is 36.8 Å². The van der Waals surface area contributed by atoms with E-state index in [9.17, 15) is 4.79 Å². The van der Waals surface area contributed by atoms with Gasteiger partial charge in [0.2, 0.25) is 0 Å². The van der Waals surface area contributed by atoms with Crippen molar-refractivity contribution in [1.82, 2.24) is 5.06 Å². The minimum absolute atomic E-state index is 0.0549. The molecule has 0 spiro atoms. The zero-order valence-electron chi connectivity index (χ0n) is 16.3. The molecule has 1 saturated heterocycles. The molecule has 138 valence electrons. The number of hydrogen-bond acceptors (Lipinski definition) is 3. The van der Waals surface area contributed by atoms with Crippen molar-refractivity contribution in [1.29, 1.82) is 0 Å². The van der Waals surface area contributed by atoms with E-state index in [-0.39, 0.29) is 17.0 Å². The van der Waals surface area contributed by atoms with Gasteiger partial charge in [0.05, 0.1) is 6.61 Å². The molecule has 0 amide bonds. The Hall–Kier alpha value is -1.19. The molecule has 3 nitrogen and oxygen atoms in total. The van der Waals surface area contributed by atoms with E-state index < -0.39 is 0 Å². The molecule has 0 aromatic heterocycles. The lowest BCUT2D eigenvalue weighted by molar-refractivity contribution is -0.286. The quantitative estimate of drug-likeness (QED) is 0.683. The van der Waals surface area contributed by atoms with Gasteiger partial charge in [-0.15, -0.1) is 0 Å². The van der Waals surface area contributed by atoms with Crippen molar-refractivity contribution in [3.05, 3.63) is 35.9 Å². The standard InChI is InChI=1S/C22H33NO2/c1-21(2)14-9-15-22(3,4)23(21)25-16-18-12-8-13-19(18)20(24)17-10-6-5-7-11-17/h5-7,10-11,18-19H,8-9,12-16H2,1-4H3/t18-,19+/m1/s1. The Bertz CT molecular complexity index is 577. The van der Waals surface area contributed by atoms with Crippen molar-refractivity contribution < 1.29 is 9.63 Å². The molecule has 25 heavy (non-hydrogen) atoms. The minimum Gasteiger partial charge on any atom is -0.298 e. The number of hydroxylamine groups is 2. The van der Waals surface area contributed by atoms with Gasteiger partial charge in [0, 0.05) is 22.6 Å². The highest BCUT2D eigenvalue weighted by Crippen LogP contribution is 2.40. The smallest absolute Gasteiger partial charge is 0.166 e. The zero-order chi connectivity index (χ0) is 18.1. The Morgan fingerprint density at radius 2 is 1.68 bits per heavy atom. The van der Waals surface area contributed by atoms with E-state index in [1.165, 1.54) is 6.42 Å². The van der Waals surface area contributed by atoms with Gasteiger partial charge < -0.3 is 0 Å². The van der Waals surface area contributed by atoms with Crippen molar-refractivity contribution >= 4 is 5.78 Å². The van der Waals surface area contributed by atoms with Gasteiger partial charge in [-0.25, -0.2) is 0 Å². The van der Waals surface area contributed by atoms with Gasteiger partial charge in [-0.05, 0) is 65.7 Å². The molecule has 3 heteroatoms. The molecule has 1 aliphatic carbocycles. The van der Waals surface area contributed by atoms with Crippen LogP contribution in [0.25, 0.3) is 0 Å². The number of piperidine rings is 1. The first kappa shape index (κ1) is 18.6. The molecule has 1 saturated carbocycles. The third-order valence-corrected chi connectivity index (χ3v) is 6.15. The Morgan fingerprint density at radius 1 is 1.04 bits per heavy atom. The van der Waals surface area contributed by atoms with Crippen LogP contribution in [0.4, 0.5) is 0 Å². The van der Waals surface area contributed by atoms with E-state index in [4.69, 9.17) is 4.84 Å². The summed E-state index contributed by atoms with van der Waals surface area (Å²) in [6.45, 7) is 9.75. The Labute approximate surface area is 152 Å². The molecule has 2 fully saturated rings. The SMILES string of the molecule is CC1(C)CCCC(C)(C)N1OC[C@H]1CCC[C@@H]1C(=O)c1ccccc1. The van der Waals surface area contributed by atoms with Crippen LogP contribution >= 0.6 is 0 Å². The minimum atomic E-state index is 0.0549. The summed E-state index contributed by atoms with van der Waals surface area (Å²) in [5, 5.41) is 2.23. The van der Waals surface area contributed by atoms with Gasteiger partial charge in [0.15, 0.2) is 5.78 Å². The summed E-state index contributed by atoms with van der Waals surface area (Å²) in [5.74, 6) is 0.739. The number of carbonyl (C=O) groups is 1. The monoisotopic (exact) mass is 343 g/mol. The fourth-order valence-electron chi connectivity index (χ4n) is 4.89. The number of hydrogen-bond donors (Lipinski definition) is 0. The van der Waals surface area contributed by atoms with E-state index in [0.29, 0.717) is 18.3 Å². The third kappa shape index (κ3) is 3.98. The molecule has 0 bridgehead atoms. The predicted molar refractivity (Wildman–Crippen MR) is 101 cm³/mol. The summed E-state index contributed by atoms with van der Waals surface area (Å²) < 4.78 is 0. The van der Waals surface area contributed by atoms with Gasteiger partial charge >= 0.3 is 0 Å². The third-order valence-electron chi connectivity index (χ3n) is 6.15. The number of rotatable bonds is 5. The van der Waals surface area contributed by atoms with Crippen LogP contribution in [0.2, 0.25) is 0 Å². The second-order valence-corrected chi connectivity index (χ2v) is 9.10. The first-order chi connectivity index (χ1) is 11.8. The van der Waals surface area contributed by atoms with E-state index in [1.54, 1.807) is 0 Å². The molecule has 1 heterocycles. The van der Waals surface area contributed by atoms with Crippen molar-refractivity contribution in [3.63, 3.8) is 0 Å². The summed E-state index contributed by atoms with van der Waals surface area (Å²) >= 11 is 0. The molecule has 1 aliphatic heterocycles. The molecule has 0 radical (unpaired) electrons. The lowest BCUT2D eigenvalue weighted by Crippen LogP contribution is -2.58. The predicted octanol–water partition coefficient (Wildman–Crippen LogP) is 5.26. The van der Waals surface area contributed by atoms with Crippen LogP contribution < -0.4 is 0 Å². The molecule has 1 aromatic rings. The fourth-order valence-corrected chi connectivity index (χ4v) is 4.89. The lowest BCUT2D eigenvalue weighted by Gasteiger charge is -2.51. The van der Waals surface area contributed by atoms with E-state index in [0.717, 1.165) is 37.7 Å². The highest BCUT2D eigenvalue weighted by molar-refractivity contribution is 5.98. The molecule has 0 N–H and O–H groups in total. The van der Waals surface area contributed by atoms with E-state index >= 15 is 0 Å². The van der Waals surface area contributed by atoms with E-state index in [1.807, 2.05) is 30.3 Å². The number of ketones is 1. The van der Waals surface area contributed by atoms with Gasteiger partial charge in [0.1, 0.15) is 0 Å². The van der Waals surface area contributed by atoms with Crippen molar-refractivity contribution in [2.75, 3.05) is 6.61 Å². The highest BCUT2D eigenvalue weighted by Gasteiger charge is 2.43.